The quantitative estimate of drug-likeness (QED) is 0.601. The summed E-state index contributed by atoms with van der Waals surface area (Å²) in [5.41, 5.74) is 2.12. The zero-order chi connectivity index (χ0) is 21.1. The van der Waals surface area contributed by atoms with Crippen molar-refractivity contribution >= 4 is 40.6 Å². The smallest absolute Gasteiger partial charge is 0.326 e. The second kappa shape index (κ2) is 8.51. The molecule has 1 N–H and O–H groups in total. The van der Waals surface area contributed by atoms with E-state index in [1.807, 2.05) is 54.8 Å². The molecule has 4 amide bonds. The number of aryl methyl sites for hydroxylation is 1. The summed E-state index contributed by atoms with van der Waals surface area (Å²) in [5, 5.41) is 4.73. The summed E-state index contributed by atoms with van der Waals surface area (Å²) in [5.74, 6) is -0.694. The highest BCUT2D eigenvalue weighted by Crippen LogP contribution is 2.29. The second-order valence-electron chi connectivity index (χ2n) is 7.14. The summed E-state index contributed by atoms with van der Waals surface area (Å²) in [6, 6.07) is 18.9. The SMILES string of the molecule is Cc1cccc(N2C(=O)[C@@H](CC(=O)Nc3ccccc3)N(Cc3cccs3)C2=O)c1. The summed E-state index contributed by atoms with van der Waals surface area (Å²) in [6.07, 6.45) is -0.104. The Bertz CT molecular complexity index is 1070. The third-order valence-corrected chi connectivity index (χ3v) is 5.78. The number of carbonyl (C=O) groups is 3. The zero-order valence-electron chi connectivity index (χ0n) is 16.4. The highest BCUT2D eigenvalue weighted by Gasteiger charge is 2.46. The third kappa shape index (κ3) is 4.11. The Morgan fingerprint density at radius 1 is 1.03 bits per heavy atom. The molecule has 0 saturated carbocycles. The van der Waals surface area contributed by atoms with Crippen molar-refractivity contribution in [2.24, 2.45) is 0 Å². The van der Waals surface area contributed by atoms with Gasteiger partial charge in [0, 0.05) is 10.6 Å². The zero-order valence-corrected chi connectivity index (χ0v) is 17.3. The summed E-state index contributed by atoms with van der Waals surface area (Å²) >= 11 is 1.51. The van der Waals surface area contributed by atoms with E-state index in [-0.39, 0.29) is 24.8 Å². The lowest BCUT2D eigenvalue weighted by Gasteiger charge is -2.21. The fourth-order valence-corrected chi connectivity index (χ4v) is 4.20. The fraction of sp³-hybridized carbons (Fsp3) is 0.174. The molecule has 2 heterocycles. The van der Waals surface area contributed by atoms with E-state index in [1.165, 1.54) is 21.1 Å². The predicted octanol–water partition coefficient (Wildman–Crippen LogP) is 4.42. The van der Waals surface area contributed by atoms with Gasteiger partial charge in [0.1, 0.15) is 6.04 Å². The van der Waals surface area contributed by atoms with Crippen molar-refractivity contribution in [3.05, 3.63) is 82.6 Å². The maximum atomic E-state index is 13.2. The van der Waals surface area contributed by atoms with E-state index in [9.17, 15) is 14.4 Å². The molecule has 1 aromatic heterocycles. The van der Waals surface area contributed by atoms with E-state index < -0.39 is 12.1 Å². The van der Waals surface area contributed by atoms with Crippen LogP contribution in [-0.4, -0.2) is 28.8 Å². The van der Waals surface area contributed by atoms with Crippen LogP contribution < -0.4 is 10.2 Å². The average Bonchev–Trinajstić information content (AvgIpc) is 3.31. The van der Waals surface area contributed by atoms with Gasteiger partial charge in [0.05, 0.1) is 18.7 Å². The molecule has 0 spiro atoms. The molecule has 4 rings (SSSR count). The topological polar surface area (TPSA) is 69.7 Å². The van der Waals surface area contributed by atoms with Crippen LogP contribution in [-0.2, 0) is 16.1 Å². The fourth-order valence-electron chi connectivity index (χ4n) is 3.50. The molecule has 1 saturated heterocycles. The first kappa shape index (κ1) is 19.8. The van der Waals surface area contributed by atoms with E-state index in [0.717, 1.165) is 10.4 Å². The molecule has 0 unspecified atom stereocenters. The van der Waals surface area contributed by atoms with Gasteiger partial charge in [0.2, 0.25) is 5.91 Å². The monoisotopic (exact) mass is 419 g/mol. The molecular weight excluding hydrogens is 398 g/mol. The molecule has 1 atom stereocenters. The normalized spacial score (nSPS) is 16.2. The maximum Gasteiger partial charge on any atom is 0.332 e. The van der Waals surface area contributed by atoms with Crippen LogP contribution in [0.15, 0.2) is 72.1 Å². The molecule has 0 bridgehead atoms. The molecule has 152 valence electrons. The number of hydrogen-bond acceptors (Lipinski definition) is 4. The molecule has 0 radical (unpaired) electrons. The Kier molecular flexibility index (Phi) is 5.63. The first-order valence-electron chi connectivity index (χ1n) is 9.61. The van der Waals surface area contributed by atoms with Crippen LogP contribution in [0, 0.1) is 6.92 Å². The van der Waals surface area contributed by atoms with Crippen LogP contribution in [0.1, 0.15) is 16.9 Å². The minimum absolute atomic E-state index is 0.104. The van der Waals surface area contributed by atoms with Crippen molar-refractivity contribution in [2.75, 3.05) is 10.2 Å². The molecule has 1 fully saturated rings. The van der Waals surface area contributed by atoms with Gasteiger partial charge in [-0.2, -0.15) is 0 Å². The number of imide groups is 1. The number of para-hydroxylation sites is 1. The van der Waals surface area contributed by atoms with Crippen LogP contribution in [0.3, 0.4) is 0 Å². The molecule has 1 aliphatic heterocycles. The largest absolute Gasteiger partial charge is 0.332 e. The van der Waals surface area contributed by atoms with E-state index in [0.29, 0.717) is 11.4 Å². The number of rotatable bonds is 6. The number of amides is 4. The van der Waals surface area contributed by atoms with Gasteiger partial charge in [-0.25, -0.2) is 9.69 Å². The lowest BCUT2D eigenvalue weighted by Crippen LogP contribution is -2.37. The summed E-state index contributed by atoms with van der Waals surface area (Å²) in [4.78, 5) is 42.7. The molecule has 2 aromatic carbocycles. The van der Waals surface area contributed by atoms with Crippen LogP contribution in [0.2, 0.25) is 0 Å². The summed E-state index contributed by atoms with van der Waals surface area (Å²) in [6.45, 7) is 2.19. The predicted molar refractivity (Wildman–Crippen MR) is 117 cm³/mol. The summed E-state index contributed by atoms with van der Waals surface area (Å²) in [7, 11) is 0. The van der Waals surface area contributed by atoms with E-state index >= 15 is 0 Å². The van der Waals surface area contributed by atoms with Crippen LogP contribution in [0.25, 0.3) is 0 Å². The molecule has 7 heteroatoms. The molecule has 1 aliphatic rings. The highest BCUT2D eigenvalue weighted by molar-refractivity contribution is 7.09. The average molecular weight is 420 g/mol. The molecule has 0 aliphatic carbocycles. The number of nitrogens with zero attached hydrogens (tertiary/aromatic N) is 2. The Morgan fingerprint density at radius 3 is 2.53 bits per heavy atom. The van der Waals surface area contributed by atoms with E-state index in [2.05, 4.69) is 5.32 Å². The molecule has 6 nitrogen and oxygen atoms in total. The first-order chi connectivity index (χ1) is 14.5. The van der Waals surface area contributed by atoms with Crippen LogP contribution in [0.5, 0.6) is 0 Å². The Labute approximate surface area is 178 Å². The van der Waals surface area contributed by atoms with Crippen molar-refractivity contribution in [2.45, 2.75) is 25.9 Å². The van der Waals surface area contributed by atoms with Gasteiger partial charge in [-0.05, 0) is 48.2 Å². The van der Waals surface area contributed by atoms with Crippen molar-refractivity contribution in [1.29, 1.82) is 0 Å². The second-order valence-corrected chi connectivity index (χ2v) is 8.17. The van der Waals surface area contributed by atoms with Gasteiger partial charge in [-0.3, -0.25) is 9.59 Å². The minimum atomic E-state index is -0.858. The number of urea groups is 1. The molecule has 30 heavy (non-hydrogen) atoms. The summed E-state index contributed by atoms with van der Waals surface area (Å²) < 4.78 is 0. The van der Waals surface area contributed by atoms with Gasteiger partial charge in [0.15, 0.2) is 0 Å². The number of nitrogens with one attached hydrogen (secondary N) is 1. The first-order valence-corrected chi connectivity index (χ1v) is 10.5. The standard InChI is InChI=1S/C23H21N3O3S/c1-16-7-5-10-18(13-16)26-22(28)20(14-21(27)24-17-8-3-2-4-9-17)25(23(26)29)15-19-11-6-12-30-19/h2-13,20H,14-15H2,1H3,(H,24,27)/t20-/m1/s1. The van der Waals surface area contributed by atoms with E-state index in [4.69, 9.17) is 0 Å². The van der Waals surface area contributed by atoms with Crippen molar-refractivity contribution < 1.29 is 14.4 Å². The minimum Gasteiger partial charge on any atom is -0.326 e. The number of carbonyl (C=O) groups excluding carboxylic acids is 3. The molecule has 3 aromatic rings. The van der Waals surface area contributed by atoms with Crippen LogP contribution in [0.4, 0.5) is 16.2 Å². The van der Waals surface area contributed by atoms with Gasteiger partial charge in [0.25, 0.3) is 5.91 Å². The number of hydrogen-bond donors (Lipinski definition) is 1. The maximum absolute atomic E-state index is 13.2. The Hall–Kier alpha value is -3.45. The Morgan fingerprint density at radius 2 is 1.83 bits per heavy atom. The van der Waals surface area contributed by atoms with Crippen molar-refractivity contribution in [1.82, 2.24) is 4.90 Å². The number of thiophene rings is 1. The molecular formula is C23H21N3O3S. The van der Waals surface area contributed by atoms with Crippen molar-refractivity contribution in [3.63, 3.8) is 0 Å². The van der Waals surface area contributed by atoms with Gasteiger partial charge < -0.3 is 10.2 Å². The Balaban J connectivity index is 1.60. The third-order valence-electron chi connectivity index (χ3n) is 4.92. The van der Waals surface area contributed by atoms with Gasteiger partial charge in [-0.1, -0.05) is 36.4 Å². The lowest BCUT2D eigenvalue weighted by molar-refractivity contribution is -0.124. The highest BCUT2D eigenvalue weighted by atomic mass is 32.1. The van der Waals surface area contributed by atoms with Crippen LogP contribution >= 0.6 is 11.3 Å². The van der Waals surface area contributed by atoms with Crippen molar-refractivity contribution in [3.8, 4) is 0 Å². The lowest BCUT2D eigenvalue weighted by atomic mass is 10.1. The van der Waals surface area contributed by atoms with Gasteiger partial charge >= 0.3 is 6.03 Å². The van der Waals surface area contributed by atoms with Gasteiger partial charge in [-0.15, -0.1) is 11.3 Å². The number of benzene rings is 2. The number of anilines is 2. The van der Waals surface area contributed by atoms with E-state index in [1.54, 1.807) is 24.3 Å².